The lowest BCUT2D eigenvalue weighted by molar-refractivity contribution is -0.384. The van der Waals surface area contributed by atoms with E-state index in [4.69, 9.17) is 5.11 Å². The number of aromatic carboxylic acids is 1. The number of nitro benzene ring substituents is 1. The molecule has 0 heterocycles. The van der Waals surface area contributed by atoms with Crippen molar-refractivity contribution in [1.29, 1.82) is 0 Å². The summed E-state index contributed by atoms with van der Waals surface area (Å²) in [7, 11) is 0. The van der Waals surface area contributed by atoms with Gasteiger partial charge in [0.15, 0.2) is 0 Å². The highest BCUT2D eigenvalue weighted by Crippen LogP contribution is 2.18. The topological polar surface area (TPSA) is 110 Å². The van der Waals surface area contributed by atoms with Gasteiger partial charge in [0.1, 0.15) is 0 Å². The fourth-order valence-corrected chi connectivity index (χ4v) is 1.76. The fraction of sp³-hybridized carbons (Fsp3) is 0.429. The molecule has 114 valence electrons. The van der Waals surface area contributed by atoms with Crippen molar-refractivity contribution >= 4 is 17.6 Å². The maximum Gasteiger partial charge on any atom is 0.335 e. The van der Waals surface area contributed by atoms with Crippen LogP contribution in [-0.4, -0.2) is 27.9 Å². The van der Waals surface area contributed by atoms with Gasteiger partial charge in [-0.1, -0.05) is 20.3 Å². The number of nitrogens with zero attached hydrogens (tertiary/aromatic N) is 1. The van der Waals surface area contributed by atoms with Crippen LogP contribution in [0.25, 0.3) is 0 Å². The molecule has 2 N–H and O–H groups in total. The number of hydrogen-bond acceptors (Lipinski definition) is 4. The lowest BCUT2D eigenvalue weighted by Crippen LogP contribution is -2.37. The van der Waals surface area contributed by atoms with E-state index in [0.717, 1.165) is 24.6 Å². The van der Waals surface area contributed by atoms with Gasteiger partial charge in [-0.3, -0.25) is 14.9 Å². The van der Waals surface area contributed by atoms with Crippen LogP contribution in [0.4, 0.5) is 5.69 Å². The molecule has 1 aromatic carbocycles. The molecule has 2 unspecified atom stereocenters. The summed E-state index contributed by atoms with van der Waals surface area (Å²) in [5, 5.41) is 22.5. The molecule has 0 spiro atoms. The number of carbonyl (C=O) groups is 2. The number of benzene rings is 1. The molecule has 7 heteroatoms. The van der Waals surface area contributed by atoms with Crippen LogP contribution in [0.2, 0.25) is 0 Å². The van der Waals surface area contributed by atoms with Crippen LogP contribution in [0, 0.1) is 16.0 Å². The number of carboxylic acids is 1. The minimum atomic E-state index is -1.32. The van der Waals surface area contributed by atoms with Gasteiger partial charge in [0.25, 0.3) is 11.6 Å². The number of carboxylic acid groups (broad SMARTS) is 1. The van der Waals surface area contributed by atoms with E-state index in [1.165, 1.54) is 0 Å². The fourth-order valence-electron chi connectivity index (χ4n) is 1.76. The lowest BCUT2D eigenvalue weighted by Gasteiger charge is -2.19. The molecule has 7 nitrogen and oxygen atoms in total. The van der Waals surface area contributed by atoms with Gasteiger partial charge in [0.2, 0.25) is 0 Å². The van der Waals surface area contributed by atoms with Gasteiger partial charge in [-0.15, -0.1) is 0 Å². The molecular formula is C14H18N2O5. The highest BCUT2D eigenvalue weighted by atomic mass is 16.6. The summed E-state index contributed by atoms with van der Waals surface area (Å²) in [6.07, 6.45) is 0.872. The molecule has 0 aliphatic carbocycles. The minimum absolute atomic E-state index is 0.0308. The van der Waals surface area contributed by atoms with E-state index in [1.54, 1.807) is 0 Å². The Morgan fingerprint density at radius 1 is 1.29 bits per heavy atom. The SMILES string of the molecule is CCC(C)C(C)NC(=O)c1cc(C(=O)O)cc([N+](=O)[O-])c1. The molecule has 0 radical (unpaired) electrons. The smallest absolute Gasteiger partial charge is 0.335 e. The van der Waals surface area contributed by atoms with Crippen LogP contribution in [0.15, 0.2) is 18.2 Å². The largest absolute Gasteiger partial charge is 0.478 e. The Balaban J connectivity index is 3.08. The van der Waals surface area contributed by atoms with E-state index in [2.05, 4.69) is 5.32 Å². The van der Waals surface area contributed by atoms with Crippen molar-refractivity contribution < 1.29 is 19.6 Å². The second-order valence-corrected chi connectivity index (χ2v) is 4.98. The summed E-state index contributed by atoms with van der Waals surface area (Å²) in [6.45, 7) is 5.80. The number of carbonyl (C=O) groups excluding carboxylic acids is 1. The van der Waals surface area contributed by atoms with E-state index in [0.29, 0.717) is 0 Å². The van der Waals surface area contributed by atoms with Crippen molar-refractivity contribution in [3.05, 3.63) is 39.4 Å². The van der Waals surface area contributed by atoms with Crippen molar-refractivity contribution in [2.45, 2.75) is 33.2 Å². The van der Waals surface area contributed by atoms with E-state index < -0.39 is 22.5 Å². The maximum atomic E-state index is 12.1. The third-order valence-corrected chi connectivity index (χ3v) is 3.49. The molecule has 0 aliphatic heterocycles. The molecule has 0 saturated heterocycles. The van der Waals surface area contributed by atoms with Gasteiger partial charge in [-0.2, -0.15) is 0 Å². The van der Waals surface area contributed by atoms with E-state index in [-0.39, 0.29) is 23.1 Å². The van der Waals surface area contributed by atoms with Crippen molar-refractivity contribution in [1.82, 2.24) is 5.32 Å². The van der Waals surface area contributed by atoms with Crippen LogP contribution in [0.5, 0.6) is 0 Å². The molecule has 0 fully saturated rings. The van der Waals surface area contributed by atoms with Gasteiger partial charge < -0.3 is 10.4 Å². The molecule has 0 bridgehead atoms. The standard InChI is InChI=1S/C14H18N2O5/c1-4-8(2)9(3)15-13(17)10-5-11(14(18)19)7-12(6-10)16(20)21/h5-9H,4H2,1-3H3,(H,15,17)(H,18,19). The molecule has 2 atom stereocenters. The number of hydrogen-bond donors (Lipinski definition) is 2. The minimum Gasteiger partial charge on any atom is -0.478 e. The quantitative estimate of drug-likeness (QED) is 0.618. The zero-order valence-corrected chi connectivity index (χ0v) is 12.1. The lowest BCUT2D eigenvalue weighted by atomic mass is 10.0. The summed E-state index contributed by atoms with van der Waals surface area (Å²) >= 11 is 0. The summed E-state index contributed by atoms with van der Waals surface area (Å²) in [6, 6.07) is 3.02. The summed E-state index contributed by atoms with van der Waals surface area (Å²) in [5.74, 6) is -1.59. The molecule has 21 heavy (non-hydrogen) atoms. The zero-order chi connectivity index (χ0) is 16.2. The van der Waals surface area contributed by atoms with Crippen LogP contribution >= 0.6 is 0 Å². The summed E-state index contributed by atoms with van der Waals surface area (Å²) in [4.78, 5) is 33.2. The third-order valence-electron chi connectivity index (χ3n) is 3.49. The Bertz CT molecular complexity index is 538. The van der Waals surface area contributed by atoms with Gasteiger partial charge in [-0.05, 0) is 18.9 Å². The predicted molar refractivity (Wildman–Crippen MR) is 76.4 cm³/mol. The predicted octanol–water partition coefficient (Wildman–Crippen LogP) is 2.46. The van der Waals surface area contributed by atoms with Crippen LogP contribution in [0.3, 0.4) is 0 Å². The number of rotatable bonds is 6. The molecule has 0 saturated carbocycles. The second-order valence-electron chi connectivity index (χ2n) is 4.98. The Morgan fingerprint density at radius 2 is 1.86 bits per heavy atom. The van der Waals surface area contributed by atoms with E-state index in [1.807, 2.05) is 20.8 Å². The number of nitro groups is 1. The van der Waals surface area contributed by atoms with Gasteiger partial charge >= 0.3 is 5.97 Å². The molecular weight excluding hydrogens is 276 g/mol. The Morgan fingerprint density at radius 3 is 2.33 bits per heavy atom. The van der Waals surface area contributed by atoms with Crippen molar-refractivity contribution in [3.63, 3.8) is 0 Å². The highest BCUT2D eigenvalue weighted by Gasteiger charge is 2.19. The van der Waals surface area contributed by atoms with Crippen LogP contribution in [-0.2, 0) is 0 Å². The average molecular weight is 294 g/mol. The molecule has 0 aromatic heterocycles. The first-order valence-electron chi connectivity index (χ1n) is 6.59. The molecule has 1 aromatic rings. The van der Waals surface area contributed by atoms with Gasteiger partial charge in [0, 0.05) is 23.7 Å². The highest BCUT2D eigenvalue weighted by molar-refractivity contribution is 5.98. The third kappa shape index (κ3) is 4.27. The molecule has 1 amide bonds. The number of nitrogens with one attached hydrogen (secondary N) is 1. The molecule has 1 rings (SSSR count). The first-order valence-corrected chi connectivity index (χ1v) is 6.59. The van der Waals surface area contributed by atoms with Crippen LogP contribution in [0.1, 0.15) is 47.9 Å². The summed E-state index contributed by atoms with van der Waals surface area (Å²) < 4.78 is 0. The van der Waals surface area contributed by atoms with E-state index in [9.17, 15) is 19.7 Å². The number of non-ortho nitro benzene ring substituents is 1. The normalized spacial score (nSPS) is 13.3. The van der Waals surface area contributed by atoms with Gasteiger partial charge in [-0.25, -0.2) is 4.79 Å². The van der Waals surface area contributed by atoms with E-state index >= 15 is 0 Å². The first kappa shape index (κ1) is 16.6. The van der Waals surface area contributed by atoms with Crippen molar-refractivity contribution in [2.24, 2.45) is 5.92 Å². The van der Waals surface area contributed by atoms with Gasteiger partial charge in [0.05, 0.1) is 10.5 Å². The molecule has 0 aliphatic rings. The Labute approximate surface area is 122 Å². The maximum absolute atomic E-state index is 12.1. The second kappa shape index (κ2) is 6.83. The first-order chi connectivity index (χ1) is 9.76. The Hall–Kier alpha value is -2.44. The van der Waals surface area contributed by atoms with Crippen molar-refractivity contribution in [3.8, 4) is 0 Å². The van der Waals surface area contributed by atoms with Crippen molar-refractivity contribution in [2.75, 3.05) is 0 Å². The monoisotopic (exact) mass is 294 g/mol. The van der Waals surface area contributed by atoms with Crippen LogP contribution < -0.4 is 5.32 Å². The average Bonchev–Trinajstić information content (AvgIpc) is 2.45. The number of amides is 1. The zero-order valence-electron chi connectivity index (χ0n) is 12.1. The Kier molecular flexibility index (Phi) is 5.40. The summed E-state index contributed by atoms with van der Waals surface area (Å²) in [5.41, 5.74) is -0.737.